The highest BCUT2D eigenvalue weighted by atomic mass is 16.6. The molecule has 0 saturated carbocycles. The van der Waals surface area contributed by atoms with Crippen LogP contribution in [0.3, 0.4) is 0 Å². The van der Waals surface area contributed by atoms with E-state index in [9.17, 15) is 10.1 Å². The molecule has 0 aromatic heterocycles. The summed E-state index contributed by atoms with van der Waals surface area (Å²) in [6.45, 7) is 5.39. The third kappa shape index (κ3) is 4.52. The Labute approximate surface area is 114 Å². The minimum atomic E-state index is -0.397. The van der Waals surface area contributed by atoms with Gasteiger partial charge in [-0.25, -0.2) is 0 Å². The fourth-order valence-corrected chi connectivity index (χ4v) is 1.87. The van der Waals surface area contributed by atoms with Gasteiger partial charge in [-0.1, -0.05) is 32.8 Å². The first-order chi connectivity index (χ1) is 9.12. The number of hydrogen-bond donors (Lipinski definition) is 1. The lowest BCUT2D eigenvalue weighted by atomic mass is 10.1. The number of nitrogens with zero attached hydrogens (tertiary/aromatic N) is 1. The monoisotopic (exact) mass is 266 g/mol. The number of rotatable bonds is 8. The van der Waals surface area contributed by atoms with Crippen molar-refractivity contribution in [1.82, 2.24) is 5.32 Å². The third-order valence-electron chi connectivity index (χ3n) is 3.23. The van der Waals surface area contributed by atoms with Crippen LogP contribution in [0.25, 0.3) is 0 Å². The van der Waals surface area contributed by atoms with Crippen LogP contribution in [0.2, 0.25) is 0 Å². The second kappa shape index (κ2) is 7.74. The number of nitro groups is 1. The third-order valence-corrected chi connectivity index (χ3v) is 3.23. The summed E-state index contributed by atoms with van der Waals surface area (Å²) in [7, 11) is 1.84. The number of benzene rings is 1. The molecule has 0 bridgehead atoms. The molecular weight excluding hydrogens is 244 g/mol. The summed E-state index contributed by atoms with van der Waals surface area (Å²) in [6.07, 6.45) is 2.03. The first-order valence-corrected chi connectivity index (χ1v) is 6.67. The minimum Gasteiger partial charge on any atom is -0.487 e. The van der Waals surface area contributed by atoms with Crippen LogP contribution in [-0.4, -0.2) is 18.6 Å². The van der Waals surface area contributed by atoms with Crippen molar-refractivity contribution in [3.05, 3.63) is 33.9 Å². The van der Waals surface area contributed by atoms with Gasteiger partial charge in [0.1, 0.15) is 0 Å². The highest BCUT2D eigenvalue weighted by Gasteiger charge is 2.16. The molecule has 1 N–H and O–H groups in total. The van der Waals surface area contributed by atoms with Crippen LogP contribution in [0.4, 0.5) is 5.69 Å². The molecule has 0 unspecified atom stereocenters. The average Bonchev–Trinajstić information content (AvgIpc) is 2.40. The highest BCUT2D eigenvalue weighted by Crippen LogP contribution is 2.28. The standard InChI is InChI=1S/C14H22N2O3/c1-4-11(5-2)10-19-14-8-12(9-15-3)6-7-13(14)16(17)18/h6-8,11,15H,4-5,9-10H2,1-3H3. The Morgan fingerprint density at radius 3 is 2.58 bits per heavy atom. The fourth-order valence-electron chi connectivity index (χ4n) is 1.87. The van der Waals surface area contributed by atoms with Gasteiger partial charge in [-0.05, 0) is 24.6 Å². The largest absolute Gasteiger partial charge is 0.487 e. The molecule has 106 valence electrons. The summed E-state index contributed by atoms with van der Waals surface area (Å²) >= 11 is 0. The maximum absolute atomic E-state index is 11.0. The lowest BCUT2D eigenvalue weighted by molar-refractivity contribution is -0.385. The molecule has 0 heterocycles. The molecule has 0 atom stereocenters. The Kier molecular flexibility index (Phi) is 6.29. The van der Waals surface area contributed by atoms with Gasteiger partial charge in [0.05, 0.1) is 11.5 Å². The Balaban J connectivity index is 2.87. The van der Waals surface area contributed by atoms with Crippen LogP contribution in [0, 0.1) is 16.0 Å². The van der Waals surface area contributed by atoms with E-state index in [2.05, 4.69) is 19.2 Å². The molecule has 1 aromatic carbocycles. The normalized spacial score (nSPS) is 10.7. The van der Waals surface area contributed by atoms with E-state index in [1.54, 1.807) is 12.1 Å². The molecule has 5 nitrogen and oxygen atoms in total. The summed E-state index contributed by atoms with van der Waals surface area (Å²) in [5.74, 6) is 0.803. The van der Waals surface area contributed by atoms with Gasteiger partial charge in [-0.3, -0.25) is 10.1 Å². The molecule has 19 heavy (non-hydrogen) atoms. The predicted octanol–water partition coefficient (Wildman–Crippen LogP) is 3.13. The zero-order chi connectivity index (χ0) is 14.3. The van der Waals surface area contributed by atoms with E-state index < -0.39 is 4.92 Å². The first-order valence-electron chi connectivity index (χ1n) is 6.67. The van der Waals surface area contributed by atoms with Crippen molar-refractivity contribution >= 4 is 5.69 Å². The van der Waals surface area contributed by atoms with Crippen molar-refractivity contribution in [3.8, 4) is 5.75 Å². The SMILES string of the molecule is CCC(CC)COc1cc(CNC)ccc1[N+](=O)[O-]. The summed E-state index contributed by atoms with van der Waals surface area (Å²) in [6, 6.07) is 5.00. The molecule has 0 fully saturated rings. The van der Waals surface area contributed by atoms with Crippen molar-refractivity contribution in [1.29, 1.82) is 0 Å². The molecule has 5 heteroatoms. The molecule has 0 amide bonds. The lowest BCUT2D eigenvalue weighted by Gasteiger charge is -2.14. The van der Waals surface area contributed by atoms with Gasteiger partial charge in [-0.15, -0.1) is 0 Å². The maximum atomic E-state index is 11.0. The molecule has 1 rings (SSSR count). The maximum Gasteiger partial charge on any atom is 0.310 e. The molecule has 0 aliphatic carbocycles. The highest BCUT2D eigenvalue weighted by molar-refractivity contribution is 5.48. The van der Waals surface area contributed by atoms with Gasteiger partial charge in [-0.2, -0.15) is 0 Å². The van der Waals surface area contributed by atoms with Crippen molar-refractivity contribution in [2.45, 2.75) is 33.2 Å². The Morgan fingerprint density at radius 1 is 1.37 bits per heavy atom. The predicted molar refractivity (Wildman–Crippen MR) is 75.4 cm³/mol. The van der Waals surface area contributed by atoms with E-state index in [1.165, 1.54) is 6.07 Å². The summed E-state index contributed by atoms with van der Waals surface area (Å²) in [5.41, 5.74) is 1.01. The number of nitrogens with one attached hydrogen (secondary N) is 1. The number of nitro benzene ring substituents is 1. The van der Waals surface area contributed by atoms with Crippen LogP contribution in [0.5, 0.6) is 5.75 Å². The van der Waals surface area contributed by atoms with Crippen molar-refractivity contribution in [2.24, 2.45) is 5.92 Å². The summed E-state index contributed by atoms with van der Waals surface area (Å²) in [5, 5.41) is 14.0. The van der Waals surface area contributed by atoms with Gasteiger partial charge in [0.25, 0.3) is 0 Å². The summed E-state index contributed by atoms with van der Waals surface area (Å²) in [4.78, 5) is 10.6. The van der Waals surface area contributed by atoms with Crippen LogP contribution < -0.4 is 10.1 Å². The first kappa shape index (κ1) is 15.4. The Morgan fingerprint density at radius 2 is 2.05 bits per heavy atom. The van der Waals surface area contributed by atoms with E-state index in [1.807, 2.05) is 7.05 Å². The molecule has 1 aromatic rings. The van der Waals surface area contributed by atoms with Crippen LogP contribution in [-0.2, 0) is 6.54 Å². The van der Waals surface area contributed by atoms with Gasteiger partial charge in [0, 0.05) is 12.6 Å². The second-order valence-corrected chi connectivity index (χ2v) is 4.58. The van der Waals surface area contributed by atoms with Crippen LogP contribution in [0.1, 0.15) is 32.3 Å². The molecule has 0 aliphatic rings. The zero-order valence-corrected chi connectivity index (χ0v) is 11.8. The number of ether oxygens (including phenoxy) is 1. The van der Waals surface area contributed by atoms with Crippen LogP contribution in [0.15, 0.2) is 18.2 Å². The van der Waals surface area contributed by atoms with Crippen LogP contribution >= 0.6 is 0 Å². The quantitative estimate of drug-likeness (QED) is 0.580. The second-order valence-electron chi connectivity index (χ2n) is 4.58. The zero-order valence-electron chi connectivity index (χ0n) is 11.8. The van der Waals surface area contributed by atoms with E-state index in [4.69, 9.17) is 4.74 Å². The van der Waals surface area contributed by atoms with Gasteiger partial charge in [0.2, 0.25) is 0 Å². The molecule has 0 spiro atoms. The van der Waals surface area contributed by atoms with Crippen molar-refractivity contribution < 1.29 is 9.66 Å². The lowest BCUT2D eigenvalue weighted by Crippen LogP contribution is -2.12. The fraction of sp³-hybridized carbons (Fsp3) is 0.571. The topological polar surface area (TPSA) is 64.4 Å². The Hall–Kier alpha value is -1.62. The van der Waals surface area contributed by atoms with E-state index in [0.717, 1.165) is 18.4 Å². The van der Waals surface area contributed by atoms with E-state index in [0.29, 0.717) is 24.8 Å². The Bertz CT molecular complexity index is 417. The van der Waals surface area contributed by atoms with Gasteiger partial charge >= 0.3 is 5.69 Å². The average molecular weight is 266 g/mol. The molecule has 0 saturated heterocycles. The van der Waals surface area contributed by atoms with Gasteiger partial charge in [0.15, 0.2) is 5.75 Å². The molecule has 0 radical (unpaired) electrons. The molecule has 0 aliphatic heterocycles. The van der Waals surface area contributed by atoms with E-state index >= 15 is 0 Å². The van der Waals surface area contributed by atoms with Crippen molar-refractivity contribution in [2.75, 3.05) is 13.7 Å². The van der Waals surface area contributed by atoms with Crippen molar-refractivity contribution in [3.63, 3.8) is 0 Å². The molecular formula is C14H22N2O3. The smallest absolute Gasteiger partial charge is 0.310 e. The number of hydrogen-bond acceptors (Lipinski definition) is 4. The summed E-state index contributed by atoms with van der Waals surface area (Å²) < 4.78 is 5.66. The minimum absolute atomic E-state index is 0.0332. The van der Waals surface area contributed by atoms with E-state index in [-0.39, 0.29) is 5.69 Å². The van der Waals surface area contributed by atoms with Gasteiger partial charge < -0.3 is 10.1 Å².